The number of carbonyl (C=O) groups excluding carboxylic acids is 3. The summed E-state index contributed by atoms with van der Waals surface area (Å²) in [5, 5.41) is 12.9. The molecule has 1 spiro atoms. The molecule has 3 amide bonds. The van der Waals surface area contributed by atoms with Crippen molar-refractivity contribution in [3.05, 3.63) is 59.7 Å². The summed E-state index contributed by atoms with van der Waals surface area (Å²) in [5.74, 6) is -0.906. The lowest BCUT2D eigenvalue weighted by Crippen LogP contribution is -2.48. The van der Waals surface area contributed by atoms with Crippen LogP contribution in [0.5, 0.6) is 0 Å². The molecule has 4 aliphatic heterocycles. The lowest BCUT2D eigenvalue weighted by molar-refractivity contribution is -0.150. The third-order valence-electron chi connectivity index (χ3n) is 9.80. The van der Waals surface area contributed by atoms with Gasteiger partial charge >= 0.3 is 0 Å². The number of rotatable bonds is 7. The number of fused-ring (bicyclic) bond motifs is 2. The number of ether oxygens (including phenoxy) is 1. The quantitative estimate of drug-likeness (QED) is 0.370. The van der Waals surface area contributed by atoms with Crippen LogP contribution >= 0.6 is 0 Å². The zero-order valence-electron chi connectivity index (χ0n) is 25.1. The minimum atomic E-state index is -3.41. The van der Waals surface area contributed by atoms with Crippen molar-refractivity contribution in [2.45, 2.75) is 69.1 Å². The predicted octanol–water partition coefficient (Wildman–Crippen LogP) is 3.32. The molecule has 2 aromatic carbocycles. The van der Waals surface area contributed by atoms with Gasteiger partial charge in [-0.1, -0.05) is 37.3 Å². The first-order valence-electron chi connectivity index (χ1n) is 15.3. The molecule has 3 fully saturated rings. The van der Waals surface area contributed by atoms with Gasteiger partial charge in [0, 0.05) is 42.3 Å². The molecular weight excluding hydrogens is 567 g/mol. The van der Waals surface area contributed by atoms with Gasteiger partial charge in [-0.25, -0.2) is 0 Å². The minimum Gasteiger partial charge on any atom is -0.394 e. The van der Waals surface area contributed by atoms with Crippen molar-refractivity contribution in [1.29, 1.82) is 0 Å². The third-order valence-corrected chi connectivity index (χ3v) is 12.3. The molecule has 3 saturated heterocycles. The molecular formula is C32H41FN4O5Si. The monoisotopic (exact) mass is 608 g/mol. The Kier molecular flexibility index (Phi) is 7.95. The van der Waals surface area contributed by atoms with E-state index in [1.165, 1.54) is 0 Å². The number of para-hydroxylation sites is 1. The van der Waals surface area contributed by atoms with E-state index in [1.807, 2.05) is 55.5 Å². The molecule has 2 aromatic rings. The van der Waals surface area contributed by atoms with Crippen LogP contribution in [0, 0.1) is 5.92 Å². The summed E-state index contributed by atoms with van der Waals surface area (Å²) in [6, 6.07) is 15.0. The highest BCUT2D eigenvalue weighted by molar-refractivity contribution is 6.72. The van der Waals surface area contributed by atoms with Crippen molar-refractivity contribution >= 4 is 37.5 Å². The number of hydrogen-bond donors (Lipinski definition) is 2. The Bertz CT molecular complexity index is 1420. The van der Waals surface area contributed by atoms with Crippen LogP contribution in [0.25, 0.3) is 0 Å². The Labute approximate surface area is 253 Å². The van der Waals surface area contributed by atoms with E-state index < -0.39 is 31.6 Å². The largest absolute Gasteiger partial charge is 0.394 e. The number of aliphatic hydroxyl groups excluding tert-OH is 1. The second kappa shape index (κ2) is 11.4. The molecule has 0 bridgehead atoms. The summed E-state index contributed by atoms with van der Waals surface area (Å²) >= 11 is 0. The number of anilines is 2. The number of amides is 3. The fourth-order valence-electron chi connectivity index (χ4n) is 7.89. The Morgan fingerprint density at radius 2 is 1.95 bits per heavy atom. The number of halogens is 1. The number of carbonyl (C=O) groups is 3. The summed E-state index contributed by atoms with van der Waals surface area (Å²) in [4.78, 5) is 45.7. The first kappa shape index (κ1) is 29.9. The minimum absolute atomic E-state index is 0.00185. The maximum Gasteiger partial charge on any atom is 0.264 e. The van der Waals surface area contributed by atoms with Gasteiger partial charge in [0.15, 0.2) is 5.60 Å². The van der Waals surface area contributed by atoms with Gasteiger partial charge in [0.25, 0.3) is 5.91 Å². The molecule has 0 aromatic heterocycles. The molecule has 43 heavy (non-hydrogen) atoms. The Morgan fingerprint density at radius 3 is 2.70 bits per heavy atom. The van der Waals surface area contributed by atoms with E-state index in [9.17, 15) is 19.5 Å². The highest BCUT2D eigenvalue weighted by atomic mass is 28.4. The number of nitrogens with one attached hydrogen (secondary N) is 1. The van der Waals surface area contributed by atoms with Crippen molar-refractivity contribution < 1.29 is 28.3 Å². The van der Waals surface area contributed by atoms with Gasteiger partial charge in [0.2, 0.25) is 20.2 Å². The van der Waals surface area contributed by atoms with Crippen LogP contribution in [-0.4, -0.2) is 81.1 Å². The van der Waals surface area contributed by atoms with Gasteiger partial charge in [0.05, 0.1) is 44.0 Å². The molecule has 0 radical (unpaired) electrons. The van der Waals surface area contributed by atoms with Crippen LogP contribution < -0.4 is 15.1 Å². The van der Waals surface area contributed by atoms with Gasteiger partial charge in [-0.3, -0.25) is 14.4 Å². The average Bonchev–Trinajstić information content (AvgIpc) is 3.64. The zero-order chi connectivity index (χ0) is 30.5. The second-order valence-corrected chi connectivity index (χ2v) is 16.6. The third kappa shape index (κ3) is 5.09. The van der Waals surface area contributed by atoms with Crippen LogP contribution in [0.15, 0.2) is 48.5 Å². The van der Waals surface area contributed by atoms with Crippen molar-refractivity contribution in [2.24, 2.45) is 5.92 Å². The summed E-state index contributed by atoms with van der Waals surface area (Å²) in [5.41, 5.74) is 1.08. The Hall–Kier alpha value is -3.12. The van der Waals surface area contributed by atoms with E-state index in [-0.39, 0.29) is 49.9 Å². The normalized spacial score (nSPS) is 29.2. The lowest BCUT2D eigenvalue weighted by Gasteiger charge is -2.31. The maximum atomic E-state index is 16.1. The van der Waals surface area contributed by atoms with Crippen LogP contribution in [0.4, 0.5) is 15.5 Å². The molecule has 4 heterocycles. The first-order valence-corrected chi connectivity index (χ1v) is 18.3. The fraction of sp³-hybridized carbons (Fsp3) is 0.531. The summed E-state index contributed by atoms with van der Waals surface area (Å²) in [6.45, 7) is 7.45. The molecule has 0 saturated carbocycles. The van der Waals surface area contributed by atoms with Gasteiger partial charge in [-0.15, -0.1) is 0 Å². The van der Waals surface area contributed by atoms with E-state index in [1.54, 1.807) is 27.8 Å². The van der Waals surface area contributed by atoms with Gasteiger partial charge < -0.3 is 34.0 Å². The standard InChI is InChI=1S/C32H41FN4O5Si/c1-21-30(43(2,3)33)27(17-28(39)35-14-7-10-24(35)20-38)42-32(21)25-11-4-5-12-26(25)37(31(32)41)19-22-8-6-9-23(16-22)36-15-13-34-18-29(36)40/h4-6,8-9,11-12,16,21,24,27,30,34,38H,7,10,13-15,17-20H2,1-3H3/t21-,24-,27+,30-,32+/m0/s1. The zero-order valence-corrected chi connectivity index (χ0v) is 26.1. The second-order valence-electron chi connectivity index (χ2n) is 12.8. The molecule has 11 heteroatoms. The lowest BCUT2D eigenvalue weighted by atomic mass is 9.82. The number of piperazine rings is 1. The maximum absolute atomic E-state index is 16.1. The van der Waals surface area contributed by atoms with Crippen molar-refractivity contribution in [2.75, 3.05) is 42.6 Å². The number of nitrogens with zero attached hydrogens (tertiary/aromatic N) is 3. The Morgan fingerprint density at radius 1 is 1.16 bits per heavy atom. The van der Waals surface area contributed by atoms with E-state index in [4.69, 9.17) is 4.74 Å². The molecule has 5 atom stereocenters. The van der Waals surface area contributed by atoms with Gasteiger partial charge in [-0.2, -0.15) is 0 Å². The van der Waals surface area contributed by atoms with E-state index in [0.717, 1.165) is 24.1 Å². The molecule has 0 unspecified atom stereocenters. The predicted molar refractivity (Wildman–Crippen MR) is 164 cm³/mol. The van der Waals surface area contributed by atoms with Crippen LogP contribution in [0.2, 0.25) is 18.6 Å². The molecule has 6 rings (SSSR count). The number of hydrogen-bond acceptors (Lipinski definition) is 6. The highest BCUT2D eigenvalue weighted by Crippen LogP contribution is 2.60. The molecule has 4 aliphatic rings. The van der Waals surface area contributed by atoms with E-state index >= 15 is 4.11 Å². The molecule has 0 aliphatic carbocycles. The number of benzene rings is 2. The number of likely N-dealkylation sites (tertiary alicyclic amines) is 1. The van der Waals surface area contributed by atoms with Crippen molar-refractivity contribution in [3.8, 4) is 0 Å². The number of aliphatic hydroxyl groups is 1. The van der Waals surface area contributed by atoms with Crippen molar-refractivity contribution in [3.63, 3.8) is 0 Å². The first-order chi connectivity index (χ1) is 20.6. The van der Waals surface area contributed by atoms with Gasteiger partial charge in [-0.05, 0) is 49.7 Å². The molecule has 9 nitrogen and oxygen atoms in total. The van der Waals surface area contributed by atoms with Crippen LogP contribution in [0.1, 0.15) is 37.3 Å². The summed E-state index contributed by atoms with van der Waals surface area (Å²) in [7, 11) is -3.41. The van der Waals surface area contributed by atoms with Crippen LogP contribution in [0.3, 0.4) is 0 Å². The molecule has 230 valence electrons. The summed E-state index contributed by atoms with van der Waals surface area (Å²) in [6.07, 6.45) is 0.781. The van der Waals surface area contributed by atoms with Gasteiger partial charge in [0.1, 0.15) is 0 Å². The van der Waals surface area contributed by atoms with Crippen LogP contribution in [-0.2, 0) is 31.3 Å². The Balaban J connectivity index is 1.32. The SMILES string of the molecule is C[C@H]1[C@H]([Si](C)(C)F)[C@@H](CC(=O)N2CCC[C@H]2CO)O[C@]12C(=O)N(Cc1cccc(N3CCNCC3=O)c1)c1ccccc12. The summed E-state index contributed by atoms with van der Waals surface area (Å²) < 4.78 is 22.9. The molecule has 2 N–H and O–H groups in total. The topological polar surface area (TPSA) is 102 Å². The average molecular weight is 609 g/mol. The highest BCUT2D eigenvalue weighted by Gasteiger charge is 2.67. The van der Waals surface area contributed by atoms with Crippen molar-refractivity contribution in [1.82, 2.24) is 10.2 Å². The van der Waals surface area contributed by atoms with E-state index in [0.29, 0.717) is 30.9 Å². The smallest absolute Gasteiger partial charge is 0.264 e. The fourth-order valence-corrected chi connectivity index (χ4v) is 10.4. The van der Waals surface area contributed by atoms with E-state index in [2.05, 4.69) is 5.32 Å².